The molecule has 0 radical (unpaired) electrons. The molecular formula is C22H16FNS. The molecule has 0 bridgehead atoms. The van der Waals surface area contributed by atoms with Gasteiger partial charge in [-0.05, 0) is 47.4 Å². The number of aliphatic imine (C=N–C) groups is 1. The Labute approximate surface area is 150 Å². The minimum Gasteiger partial charge on any atom is -0.251 e. The summed E-state index contributed by atoms with van der Waals surface area (Å²) in [7, 11) is 0. The van der Waals surface area contributed by atoms with E-state index in [1.807, 2.05) is 30.0 Å². The summed E-state index contributed by atoms with van der Waals surface area (Å²) in [6.07, 6.45) is 0.984. The highest BCUT2D eigenvalue weighted by molar-refractivity contribution is 7.99. The minimum atomic E-state index is -0.189. The molecule has 1 aliphatic carbocycles. The molecule has 5 rings (SSSR count). The third kappa shape index (κ3) is 2.50. The van der Waals surface area contributed by atoms with Crippen molar-refractivity contribution < 1.29 is 4.39 Å². The fourth-order valence-electron chi connectivity index (χ4n) is 3.83. The van der Waals surface area contributed by atoms with Gasteiger partial charge >= 0.3 is 0 Å². The Balaban J connectivity index is 1.70. The Bertz CT molecular complexity index is 977. The predicted octanol–water partition coefficient (Wildman–Crippen LogP) is 5.97. The van der Waals surface area contributed by atoms with Crippen molar-refractivity contribution >= 4 is 23.2 Å². The second-order valence-electron chi connectivity index (χ2n) is 6.52. The lowest BCUT2D eigenvalue weighted by atomic mass is 9.94. The molecule has 0 amide bonds. The lowest BCUT2D eigenvalue weighted by molar-refractivity contribution is 0.624. The highest BCUT2D eigenvalue weighted by Gasteiger charge is 2.37. The van der Waals surface area contributed by atoms with E-state index in [2.05, 4.69) is 42.5 Å². The summed E-state index contributed by atoms with van der Waals surface area (Å²) >= 11 is 1.85. The van der Waals surface area contributed by atoms with Gasteiger partial charge in [0.25, 0.3) is 0 Å². The first-order valence-electron chi connectivity index (χ1n) is 8.47. The Kier molecular flexibility index (Phi) is 3.49. The topological polar surface area (TPSA) is 12.4 Å². The van der Waals surface area contributed by atoms with Gasteiger partial charge in [0.15, 0.2) is 0 Å². The zero-order valence-electron chi connectivity index (χ0n) is 13.5. The van der Waals surface area contributed by atoms with Gasteiger partial charge in [-0.1, -0.05) is 48.5 Å². The van der Waals surface area contributed by atoms with Gasteiger partial charge < -0.3 is 0 Å². The first-order chi connectivity index (χ1) is 12.3. The van der Waals surface area contributed by atoms with Gasteiger partial charge in [-0.2, -0.15) is 0 Å². The third-order valence-corrected chi connectivity index (χ3v) is 6.46. The van der Waals surface area contributed by atoms with Gasteiger partial charge in [0.05, 0.1) is 11.4 Å². The molecule has 25 heavy (non-hydrogen) atoms. The van der Waals surface area contributed by atoms with E-state index in [4.69, 9.17) is 4.99 Å². The lowest BCUT2D eigenvalue weighted by Gasteiger charge is -2.22. The van der Waals surface area contributed by atoms with Crippen molar-refractivity contribution in [2.45, 2.75) is 16.6 Å². The predicted molar refractivity (Wildman–Crippen MR) is 101 cm³/mol. The molecule has 3 aromatic carbocycles. The number of halogens is 1. The van der Waals surface area contributed by atoms with Crippen LogP contribution in [0.2, 0.25) is 0 Å². The van der Waals surface area contributed by atoms with Gasteiger partial charge in [0.1, 0.15) is 5.82 Å². The summed E-state index contributed by atoms with van der Waals surface area (Å²) in [5.41, 5.74) is 5.99. The Morgan fingerprint density at radius 2 is 1.64 bits per heavy atom. The van der Waals surface area contributed by atoms with Crippen LogP contribution in [0.15, 0.2) is 82.7 Å². The fourth-order valence-corrected chi connectivity index (χ4v) is 5.17. The van der Waals surface area contributed by atoms with Crippen LogP contribution in [-0.4, -0.2) is 5.71 Å². The van der Waals surface area contributed by atoms with Crippen LogP contribution < -0.4 is 0 Å². The SMILES string of the molecule is Fc1ccc([C@@H]2Sc3ccccc3N=C3c4ccccc4C[C@H]32)cc1. The van der Waals surface area contributed by atoms with Crippen LogP contribution in [0.3, 0.4) is 0 Å². The van der Waals surface area contributed by atoms with Crippen molar-refractivity contribution in [1.29, 1.82) is 0 Å². The molecule has 3 aromatic rings. The summed E-state index contributed by atoms with van der Waals surface area (Å²) in [4.78, 5) is 6.25. The first-order valence-corrected chi connectivity index (χ1v) is 9.35. The summed E-state index contributed by atoms with van der Waals surface area (Å²) in [5, 5.41) is 0.232. The van der Waals surface area contributed by atoms with Crippen molar-refractivity contribution in [3.05, 3.63) is 95.3 Å². The smallest absolute Gasteiger partial charge is 0.123 e. The monoisotopic (exact) mass is 345 g/mol. The van der Waals surface area contributed by atoms with Crippen molar-refractivity contribution in [2.24, 2.45) is 10.9 Å². The second kappa shape index (κ2) is 5.85. The van der Waals surface area contributed by atoms with Crippen LogP contribution in [0, 0.1) is 11.7 Å². The molecule has 1 aliphatic heterocycles. The molecule has 0 spiro atoms. The maximum absolute atomic E-state index is 13.4. The van der Waals surface area contributed by atoms with E-state index in [1.165, 1.54) is 21.7 Å². The maximum atomic E-state index is 13.4. The molecule has 2 atom stereocenters. The molecule has 2 aliphatic rings. The largest absolute Gasteiger partial charge is 0.251 e. The summed E-state index contributed by atoms with van der Waals surface area (Å²) in [5.74, 6) is 0.117. The summed E-state index contributed by atoms with van der Waals surface area (Å²) in [6.45, 7) is 0. The Morgan fingerprint density at radius 1 is 0.880 bits per heavy atom. The second-order valence-corrected chi connectivity index (χ2v) is 7.71. The van der Waals surface area contributed by atoms with Crippen LogP contribution in [-0.2, 0) is 6.42 Å². The van der Waals surface area contributed by atoms with E-state index in [0.717, 1.165) is 17.7 Å². The van der Waals surface area contributed by atoms with Crippen molar-refractivity contribution in [3.63, 3.8) is 0 Å². The van der Waals surface area contributed by atoms with Gasteiger partial charge in [0, 0.05) is 16.1 Å². The quantitative estimate of drug-likeness (QED) is 0.529. The van der Waals surface area contributed by atoms with Crippen molar-refractivity contribution in [3.8, 4) is 0 Å². The highest BCUT2D eigenvalue weighted by Crippen LogP contribution is 2.51. The lowest BCUT2D eigenvalue weighted by Crippen LogP contribution is -2.16. The van der Waals surface area contributed by atoms with E-state index < -0.39 is 0 Å². The molecule has 0 saturated heterocycles. The molecule has 0 fully saturated rings. The summed E-state index contributed by atoms with van der Waals surface area (Å²) in [6, 6.07) is 23.8. The average molecular weight is 345 g/mol. The maximum Gasteiger partial charge on any atom is 0.123 e. The highest BCUT2D eigenvalue weighted by atomic mass is 32.2. The fraction of sp³-hybridized carbons (Fsp3) is 0.136. The normalized spacial score (nSPS) is 20.9. The number of nitrogens with zero attached hydrogens (tertiary/aromatic N) is 1. The van der Waals surface area contributed by atoms with Crippen molar-refractivity contribution in [1.82, 2.24) is 0 Å². The molecule has 1 heterocycles. The number of rotatable bonds is 1. The van der Waals surface area contributed by atoms with Crippen molar-refractivity contribution in [2.75, 3.05) is 0 Å². The zero-order valence-corrected chi connectivity index (χ0v) is 14.3. The van der Waals surface area contributed by atoms with E-state index in [0.29, 0.717) is 5.92 Å². The van der Waals surface area contributed by atoms with Crippen LogP contribution >= 0.6 is 11.8 Å². The number of para-hydroxylation sites is 1. The minimum absolute atomic E-state index is 0.189. The number of benzene rings is 3. The van der Waals surface area contributed by atoms with Gasteiger partial charge in [0.2, 0.25) is 0 Å². The van der Waals surface area contributed by atoms with E-state index in [-0.39, 0.29) is 11.1 Å². The standard InChI is InChI=1S/C22H16FNS/c23-16-11-9-14(10-12-16)22-18-13-15-5-1-2-6-17(15)21(18)24-19-7-3-4-8-20(19)25-22/h1-12,18,22H,13H2/t18-,22+/m1/s1. The number of hydrogen-bond donors (Lipinski definition) is 0. The molecule has 0 saturated carbocycles. The van der Waals surface area contributed by atoms with Crippen LogP contribution in [0.4, 0.5) is 10.1 Å². The van der Waals surface area contributed by atoms with Gasteiger partial charge in [-0.15, -0.1) is 11.8 Å². The van der Waals surface area contributed by atoms with Gasteiger partial charge in [-0.25, -0.2) is 4.39 Å². The van der Waals surface area contributed by atoms with E-state index in [1.54, 1.807) is 12.1 Å². The number of thioether (sulfide) groups is 1. The Hall–Kier alpha value is -2.39. The number of hydrogen-bond acceptors (Lipinski definition) is 2. The Morgan fingerprint density at radius 3 is 2.52 bits per heavy atom. The molecule has 0 unspecified atom stereocenters. The molecule has 122 valence electrons. The third-order valence-electron chi connectivity index (χ3n) is 5.01. The zero-order chi connectivity index (χ0) is 16.8. The van der Waals surface area contributed by atoms with E-state index >= 15 is 0 Å². The average Bonchev–Trinajstić information content (AvgIpc) is 2.92. The molecule has 3 heteroatoms. The molecular weight excluding hydrogens is 329 g/mol. The van der Waals surface area contributed by atoms with Crippen LogP contribution in [0.25, 0.3) is 0 Å². The molecule has 0 aromatic heterocycles. The van der Waals surface area contributed by atoms with Crippen LogP contribution in [0.1, 0.15) is 21.9 Å². The molecule has 1 nitrogen and oxygen atoms in total. The first kappa shape index (κ1) is 14.9. The summed E-state index contributed by atoms with van der Waals surface area (Å²) < 4.78 is 13.4. The van der Waals surface area contributed by atoms with Crippen LogP contribution in [0.5, 0.6) is 0 Å². The molecule has 0 N–H and O–H groups in total. The van der Waals surface area contributed by atoms with Gasteiger partial charge in [-0.3, -0.25) is 4.99 Å². The number of fused-ring (bicyclic) bond motifs is 4. The van der Waals surface area contributed by atoms with E-state index in [9.17, 15) is 4.39 Å².